The van der Waals surface area contributed by atoms with E-state index in [0.717, 1.165) is 0 Å². The highest BCUT2D eigenvalue weighted by Crippen LogP contribution is 2.59. The van der Waals surface area contributed by atoms with E-state index in [1.165, 1.54) is 44.3 Å². The first-order chi connectivity index (χ1) is 10.7. The van der Waals surface area contributed by atoms with Gasteiger partial charge in [0.05, 0.1) is 18.8 Å². The van der Waals surface area contributed by atoms with Crippen molar-refractivity contribution in [3.8, 4) is 0 Å². The van der Waals surface area contributed by atoms with Crippen LogP contribution in [-0.2, 0) is 13.6 Å². The van der Waals surface area contributed by atoms with E-state index < -0.39 is 18.8 Å². The van der Waals surface area contributed by atoms with E-state index in [2.05, 4.69) is 0 Å². The van der Waals surface area contributed by atoms with Gasteiger partial charge in [-0.25, -0.2) is 4.79 Å². The number of rotatable bonds is 8. The number of carbonyl (C=O) groups is 1. The summed E-state index contributed by atoms with van der Waals surface area (Å²) in [4.78, 5) is 10.8. The molecular formula is C15H22NO6P. The van der Waals surface area contributed by atoms with Crippen LogP contribution < -0.4 is 0 Å². The van der Waals surface area contributed by atoms with Crippen LogP contribution in [-0.4, -0.2) is 40.5 Å². The number of benzene rings is 1. The number of hydrogen-bond acceptors (Lipinski definition) is 5. The Bertz CT molecular complexity index is 613. The number of aromatic carboxylic acids is 1. The van der Waals surface area contributed by atoms with Crippen molar-refractivity contribution in [1.29, 1.82) is 0 Å². The highest BCUT2D eigenvalue weighted by Gasteiger charge is 2.51. The first kappa shape index (κ1) is 19.4. The number of hydroxylamine groups is 1. The lowest BCUT2D eigenvalue weighted by Crippen LogP contribution is -2.35. The molecule has 8 heteroatoms. The maximum Gasteiger partial charge on any atom is 0.401 e. The average molecular weight is 343 g/mol. The zero-order valence-corrected chi connectivity index (χ0v) is 14.6. The van der Waals surface area contributed by atoms with Gasteiger partial charge in [-0.15, -0.1) is 0 Å². The standard InChI is InChI=1S/C15H22NO6P/c1-5-21-23(20,22-6-2)15(3,4)16(19)11-12-7-9-13(10-8-12)14(17)18/h7-11H,5-6H2,1-4H3,(H,17,18)/b16-11-. The second-order valence-electron chi connectivity index (χ2n) is 5.21. The van der Waals surface area contributed by atoms with Crippen molar-refractivity contribution in [2.45, 2.75) is 33.0 Å². The second-order valence-corrected chi connectivity index (χ2v) is 7.82. The molecule has 0 aromatic heterocycles. The average Bonchev–Trinajstić information content (AvgIpc) is 2.48. The van der Waals surface area contributed by atoms with Gasteiger partial charge in [-0.1, -0.05) is 0 Å². The highest BCUT2D eigenvalue weighted by molar-refractivity contribution is 7.55. The Hall–Kier alpha value is -1.69. The lowest BCUT2D eigenvalue weighted by Gasteiger charge is -2.30. The van der Waals surface area contributed by atoms with Gasteiger partial charge in [0.2, 0.25) is 0 Å². The molecule has 0 heterocycles. The summed E-state index contributed by atoms with van der Waals surface area (Å²) in [6.45, 7) is 6.61. The lowest BCUT2D eigenvalue weighted by atomic mass is 10.1. The Kier molecular flexibility index (Phi) is 6.50. The van der Waals surface area contributed by atoms with Crippen LogP contribution in [0.15, 0.2) is 24.3 Å². The van der Waals surface area contributed by atoms with Crippen LogP contribution in [0.3, 0.4) is 0 Å². The van der Waals surface area contributed by atoms with Gasteiger partial charge in [0.15, 0.2) is 6.21 Å². The number of carboxylic acid groups (broad SMARTS) is 1. The monoisotopic (exact) mass is 343 g/mol. The summed E-state index contributed by atoms with van der Waals surface area (Å²) in [6, 6.07) is 5.77. The van der Waals surface area contributed by atoms with E-state index in [4.69, 9.17) is 14.2 Å². The summed E-state index contributed by atoms with van der Waals surface area (Å²) in [5, 5.41) is 19.9. The van der Waals surface area contributed by atoms with Crippen molar-refractivity contribution in [3.63, 3.8) is 0 Å². The van der Waals surface area contributed by atoms with E-state index in [-0.39, 0.29) is 18.8 Å². The predicted octanol–water partition coefficient (Wildman–Crippen LogP) is 3.32. The van der Waals surface area contributed by atoms with Crippen LogP contribution in [0.5, 0.6) is 0 Å². The molecule has 0 fully saturated rings. The summed E-state index contributed by atoms with van der Waals surface area (Å²) < 4.78 is 23.8. The van der Waals surface area contributed by atoms with Gasteiger partial charge >= 0.3 is 13.6 Å². The predicted molar refractivity (Wildman–Crippen MR) is 87.1 cm³/mol. The summed E-state index contributed by atoms with van der Waals surface area (Å²) in [5.74, 6) is -1.05. The molecule has 0 saturated heterocycles. The molecule has 0 saturated carbocycles. The lowest BCUT2D eigenvalue weighted by molar-refractivity contribution is -0.510. The molecule has 23 heavy (non-hydrogen) atoms. The quantitative estimate of drug-likeness (QED) is 0.256. The van der Waals surface area contributed by atoms with E-state index in [9.17, 15) is 14.6 Å². The van der Waals surface area contributed by atoms with E-state index in [0.29, 0.717) is 10.3 Å². The van der Waals surface area contributed by atoms with Gasteiger partial charge in [0.1, 0.15) is 0 Å². The molecule has 0 unspecified atom stereocenters. The summed E-state index contributed by atoms with van der Waals surface area (Å²) in [6.07, 6.45) is 1.23. The van der Waals surface area contributed by atoms with Crippen LogP contribution >= 0.6 is 7.60 Å². The maximum atomic E-state index is 12.8. The third-order valence-corrected chi connectivity index (χ3v) is 5.97. The molecule has 0 aliphatic heterocycles. The molecule has 1 rings (SSSR count). The van der Waals surface area contributed by atoms with Gasteiger partial charge in [0, 0.05) is 19.4 Å². The van der Waals surface area contributed by atoms with Crippen molar-refractivity contribution in [3.05, 3.63) is 40.6 Å². The molecule has 1 aromatic rings. The molecule has 1 aromatic carbocycles. The minimum absolute atomic E-state index is 0.119. The fourth-order valence-electron chi connectivity index (χ4n) is 1.82. The number of nitrogens with zero attached hydrogens (tertiary/aromatic N) is 1. The normalized spacial score (nSPS) is 13.1. The molecule has 128 valence electrons. The molecule has 0 aliphatic carbocycles. The zero-order valence-electron chi connectivity index (χ0n) is 13.7. The van der Waals surface area contributed by atoms with Gasteiger partial charge in [0.25, 0.3) is 5.28 Å². The van der Waals surface area contributed by atoms with Crippen molar-refractivity contribution < 1.29 is 28.3 Å². The minimum Gasteiger partial charge on any atom is -0.623 e. The van der Waals surface area contributed by atoms with Crippen LogP contribution in [0.4, 0.5) is 0 Å². The fourth-order valence-corrected chi connectivity index (χ4v) is 3.50. The summed E-state index contributed by atoms with van der Waals surface area (Å²) in [7, 11) is -3.65. The Morgan fingerprint density at radius 3 is 2.13 bits per heavy atom. The first-order valence-electron chi connectivity index (χ1n) is 7.22. The van der Waals surface area contributed by atoms with Crippen LogP contribution in [0.2, 0.25) is 0 Å². The van der Waals surface area contributed by atoms with Crippen LogP contribution in [0, 0.1) is 5.21 Å². The molecule has 0 bridgehead atoms. The Balaban J connectivity index is 3.15. The fraction of sp³-hybridized carbons (Fsp3) is 0.467. The SMILES string of the molecule is CCOP(=O)(OCC)C(C)(C)/[N+]([O-])=C/c1ccc(C(=O)O)cc1. The molecule has 7 nitrogen and oxygen atoms in total. The summed E-state index contributed by atoms with van der Waals surface area (Å²) >= 11 is 0. The van der Waals surface area contributed by atoms with Gasteiger partial charge in [-0.05, 0) is 38.1 Å². The van der Waals surface area contributed by atoms with Crippen LogP contribution in [0.25, 0.3) is 0 Å². The smallest absolute Gasteiger partial charge is 0.401 e. The maximum absolute atomic E-state index is 12.8. The number of carboxylic acids is 1. The van der Waals surface area contributed by atoms with E-state index in [1.807, 2.05) is 0 Å². The third kappa shape index (κ3) is 4.41. The van der Waals surface area contributed by atoms with Crippen molar-refractivity contribution >= 4 is 19.8 Å². The van der Waals surface area contributed by atoms with Gasteiger partial charge < -0.3 is 19.4 Å². The highest BCUT2D eigenvalue weighted by atomic mass is 31.2. The molecule has 1 N–H and O–H groups in total. The van der Waals surface area contributed by atoms with Gasteiger partial charge in [-0.3, -0.25) is 4.57 Å². The topological polar surface area (TPSA) is 98.9 Å². The Morgan fingerprint density at radius 2 is 1.74 bits per heavy atom. The molecule has 0 radical (unpaired) electrons. The molecule has 0 spiro atoms. The number of hydrogen-bond donors (Lipinski definition) is 1. The molecule has 0 atom stereocenters. The van der Waals surface area contributed by atoms with E-state index >= 15 is 0 Å². The van der Waals surface area contributed by atoms with Crippen molar-refractivity contribution in [2.24, 2.45) is 0 Å². The Labute approximate surface area is 135 Å². The third-order valence-electron chi connectivity index (χ3n) is 3.23. The first-order valence-corrected chi connectivity index (χ1v) is 8.76. The largest absolute Gasteiger partial charge is 0.623 e. The second kappa shape index (κ2) is 7.73. The molecule has 0 amide bonds. The van der Waals surface area contributed by atoms with Crippen LogP contribution in [0.1, 0.15) is 43.6 Å². The van der Waals surface area contributed by atoms with Crippen molar-refractivity contribution in [2.75, 3.05) is 13.2 Å². The Morgan fingerprint density at radius 1 is 1.26 bits per heavy atom. The zero-order chi connectivity index (χ0) is 17.7. The summed E-state index contributed by atoms with van der Waals surface area (Å²) in [5.41, 5.74) is 0.603. The van der Waals surface area contributed by atoms with Crippen molar-refractivity contribution in [1.82, 2.24) is 0 Å². The minimum atomic E-state index is -3.65. The molecular weight excluding hydrogens is 321 g/mol. The van der Waals surface area contributed by atoms with Gasteiger partial charge in [-0.2, -0.15) is 4.74 Å². The van der Waals surface area contributed by atoms with E-state index in [1.54, 1.807) is 13.8 Å². The molecule has 0 aliphatic rings.